The van der Waals surface area contributed by atoms with Crippen molar-refractivity contribution in [3.63, 3.8) is 0 Å². The van der Waals surface area contributed by atoms with Crippen LogP contribution in [0, 0.1) is 11.8 Å². The molecule has 0 amide bonds. The molecule has 10 nitrogen and oxygen atoms in total. The maximum Gasteiger partial charge on any atom is 0.306 e. The van der Waals surface area contributed by atoms with Gasteiger partial charge in [-0.25, -0.2) is 0 Å². The molecule has 0 saturated carbocycles. The highest BCUT2D eigenvalue weighted by molar-refractivity contribution is 5.78. The lowest BCUT2D eigenvalue weighted by Crippen LogP contribution is -2.38. The quantitative estimate of drug-likeness (QED) is 0.0370. The summed E-state index contributed by atoms with van der Waals surface area (Å²) in [5, 5.41) is 6.13. The molecular formula is C56H103N3O7. The van der Waals surface area contributed by atoms with E-state index in [4.69, 9.17) is 9.47 Å². The van der Waals surface area contributed by atoms with E-state index >= 15 is 0 Å². The zero-order valence-corrected chi connectivity index (χ0v) is 43.8. The molecule has 0 radical (unpaired) electrons. The summed E-state index contributed by atoms with van der Waals surface area (Å²) >= 11 is 0. The van der Waals surface area contributed by atoms with E-state index in [1.54, 1.807) is 0 Å². The SMILES string of the molecule is CCCCCC(CCCCC)CCCC(=O)CCCCCCCC(CCCCCCCC(=O)OCCC(CCCCC)CCCCC)OC(=O)CCCNc1c(NCCN(C)C)c(=O)c1=O. The van der Waals surface area contributed by atoms with Crippen LogP contribution in [0.15, 0.2) is 9.59 Å². The average Bonchev–Trinajstić information content (AvgIpc) is 3.29. The van der Waals surface area contributed by atoms with Crippen LogP contribution in [0.4, 0.5) is 11.4 Å². The van der Waals surface area contributed by atoms with Crippen LogP contribution >= 0.6 is 0 Å². The molecule has 66 heavy (non-hydrogen) atoms. The molecule has 1 rings (SSSR count). The molecule has 0 fully saturated rings. The minimum atomic E-state index is -0.513. The first-order valence-corrected chi connectivity index (χ1v) is 27.9. The molecule has 0 heterocycles. The fourth-order valence-electron chi connectivity index (χ4n) is 9.21. The Bertz CT molecular complexity index is 1330. The molecule has 10 heteroatoms. The van der Waals surface area contributed by atoms with E-state index < -0.39 is 10.9 Å². The van der Waals surface area contributed by atoms with Gasteiger partial charge in [0.25, 0.3) is 10.9 Å². The molecule has 0 saturated heterocycles. The topological polar surface area (TPSA) is 131 Å². The number of ether oxygens (including phenoxy) is 2. The first-order valence-electron chi connectivity index (χ1n) is 27.9. The fourth-order valence-corrected chi connectivity index (χ4v) is 9.21. The van der Waals surface area contributed by atoms with Crippen molar-refractivity contribution in [3.05, 3.63) is 20.4 Å². The Labute approximate surface area is 404 Å². The molecule has 1 aromatic carbocycles. The molecule has 0 spiro atoms. The maximum absolute atomic E-state index is 13.0. The third kappa shape index (κ3) is 32.9. The predicted octanol–water partition coefficient (Wildman–Crippen LogP) is 14.0. The summed E-state index contributed by atoms with van der Waals surface area (Å²) in [6.45, 7) is 11.3. The van der Waals surface area contributed by atoms with Gasteiger partial charge in [-0.1, -0.05) is 175 Å². The summed E-state index contributed by atoms with van der Waals surface area (Å²) in [4.78, 5) is 64.5. The van der Waals surface area contributed by atoms with Gasteiger partial charge in [-0.05, 0) is 83.7 Å². The van der Waals surface area contributed by atoms with Crippen molar-refractivity contribution < 1.29 is 23.9 Å². The number of Topliss-reactive ketones (excluding diaryl/α,β-unsaturated/α-hetero) is 1. The number of carbonyl (C=O) groups is 3. The molecule has 1 atom stereocenters. The van der Waals surface area contributed by atoms with Crippen molar-refractivity contribution >= 4 is 29.1 Å². The second-order valence-electron chi connectivity index (χ2n) is 20.0. The van der Waals surface area contributed by atoms with E-state index in [1.807, 2.05) is 19.0 Å². The largest absolute Gasteiger partial charge is 0.466 e. The molecular weight excluding hydrogens is 827 g/mol. The number of unbranched alkanes of at least 4 members (excludes halogenated alkanes) is 16. The standard InChI is InChI=1S/C56H103N3O7/c1-7-11-21-31-47(32-22-12-8-2)35-29-37-49(60)36-25-17-15-18-26-38-50(66-52(62)41-30-43-57-53-54(56(64)55(53)63)58-44-45-59(5)6)39-27-19-16-20-28-40-51(61)65-46-42-48(33-23-13-9-3)34-24-14-10-4/h47-48,50,57-58H,7-46H2,1-6H3. The van der Waals surface area contributed by atoms with Crippen molar-refractivity contribution in [2.45, 2.75) is 265 Å². The van der Waals surface area contributed by atoms with Gasteiger partial charge in [-0.15, -0.1) is 0 Å². The lowest BCUT2D eigenvalue weighted by molar-refractivity contribution is -0.150. The number of nitrogens with one attached hydrogen (secondary N) is 2. The number of anilines is 2. The Morgan fingerprint density at radius 2 is 0.864 bits per heavy atom. The molecule has 384 valence electrons. The molecule has 0 aliphatic rings. The second kappa shape index (κ2) is 42.4. The highest BCUT2D eigenvalue weighted by Crippen LogP contribution is 2.25. The third-order valence-electron chi connectivity index (χ3n) is 13.5. The lowest BCUT2D eigenvalue weighted by atomic mass is 9.90. The van der Waals surface area contributed by atoms with Crippen LogP contribution < -0.4 is 21.5 Å². The van der Waals surface area contributed by atoms with Crippen molar-refractivity contribution in [1.29, 1.82) is 0 Å². The van der Waals surface area contributed by atoms with Gasteiger partial charge in [0.1, 0.15) is 23.3 Å². The lowest BCUT2D eigenvalue weighted by Gasteiger charge is -2.19. The van der Waals surface area contributed by atoms with Crippen LogP contribution in [0.1, 0.15) is 259 Å². The first-order chi connectivity index (χ1) is 32.1. The number of rotatable bonds is 49. The van der Waals surface area contributed by atoms with Gasteiger partial charge >= 0.3 is 11.9 Å². The normalized spacial score (nSPS) is 12.1. The number of hydrogen-bond donors (Lipinski definition) is 2. The molecule has 2 N–H and O–H groups in total. The number of hydrogen-bond acceptors (Lipinski definition) is 10. The summed E-state index contributed by atoms with van der Waals surface area (Å²) in [7, 11) is 3.90. The molecule has 0 bridgehead atoms. The zero-order chi connectivity index (χ0) is 48.5. The zero-order valence-electron chi connectivity index (χ0n) is 43.8. The van der Waals surface area contributed by atoms with Gasteiger partial charge in [-0.3, -0.25) is 24.0 Å². The van der Waals surface area contributed by atoms with E-state index in [9.17, 15) is 24.0 Å². The van der Waals surface area contributed by atoms with Crippen LogP contribution in [-0.2, 0) is 23.9 Å². The number of likely N-dealkylation sites (N-methyl/N-ethyl adjacent to an activating group) is 1. The van der Waals surface area contributed by atoms with Gasteiger partial charge < -0.3 is 25.0 Å². The summed E-state index contributed by atoms with van der Waals surface area (Å²) in [6, 6.07) is 0. The minimum absolute atomic E-state index is 0.0686. The summed E-state index contributed by atoms with van der Waals surface area (Å²) in [5.74, 6) is 1.58. The smallest absolute Gasteiger partial charge is 0.306 e. The van der Waals surface area contributed by atoms with Crippen LogP contribution in [0.3, 0.4) is 0 Å². The first kappa shape index (κ1) is 61.3. The Morgan fingerprint density at radius 1 is 0.455 bits per heavy atom. The molecule has 0 aromatic heterocycles. The monoisotopic (exact) mass is 930 g/mol. The predicted molar refractivity (Wildman–Crippen MR) is 279 cm³/mol. The molecule has 1 aromatic rings. The molecule has 0 aliphatic carbocycles. The van der Waals surface area contributed by atoms with Crippen molar-refractivity contribution in [3.8, 4) is 0 Å². The summed E-state index contributed by atoms with van der Waals surface area (Å²) in [5.41, 5.74) is -0.365. The highest BCUT2D eigenvalue weighted by Gasteiger charge is 2.21. The van der Waals surface area contributed by atoms with Gasteiger partial charge in [0.2, 0.25) is 0 Å². The maximum atomic E-state index is 13.0. The number of esters is 2. The van der Waals surface area contributed by atoms with E-state index in [2.05, 4.69) is 38.3 Å². The third-order valence-corrected chi connectivity index (χ3v) is 13.5. The number of carbonyl (C=O) groups excluding carboxylic acids is 3. The number of ketones is 1. The summed E-state index contributed by atoms with van der Waals surface area (Å²) in [6.07, 6.45) is 38.0. The minimum Gasteiger partial charge on any atom is -0.466 e. The Hall–Kier alpha value is -2.75. The van der Waals surface area contributed by atoms with Crippen molar-refractivity contribution in [2.75, 3.05) is 51.0 Å². The number of nitrogens with zero attached hydrogens (tertiary/aromatic N) is 1. The van der Waals surface area contributed by atoms with E-state index in [1.165, 1.54) is 109 Å². The van der Waals surface area contributed by atoms with E-state index in [0.29, 0.717) is 62.0 Å². The molecule has 0 aliphatic heterocycles. The van der Waals surface area contributed by atoms with Gasteiger partial charge in [0.05, 0.1) is 6.61 Å². The van der Waals surface area contributed by atoms with Gasteiger partial charge in [0, 0.05) is 45.3 Å². The Morgan fingerprint density at radius 3 is 1.38 bits per heavy atom. The Balaban J connectivity index is 2.49. The summed E-state index contributed by atoms with van der Waals surface area (Å²) < 4.78 is 11.7. The van der Waals surface area contributed by atoms with Crippen LogP contribution in [-0.4, -0.2) is 69.1 Å². The fraction of sp³-hybridized carbons (Fsp3) is 0.875. The van der Waals surface area contributed by atoms with E-state index in [0.717, 1.165) is 109 Å². The Kier molecular flexibility index (Phi) is 39.3. The second-order valence-corrected chi connectivity index (χ2v) is 20.0. The average molecular weight is 930 g/mol. The molecule has 1 unspecified atom stereocenters. The van der Waals surface area contributed by atoms with Gasteiger partial charge in [0.15, 0.2) is 0 Å². The van der Waals surface area contributed by atoms with Gasteiger partial charge in [-0.2, -0.15) is 0 Å². The van der Waals surface area contributed by atoms with E-state index in [-0.39, 0.29) is 24.5 Å². The van der Waals surface area contributed by atoms with Crippen molar-refractivity contribution in [1.82, 2.24) is 4.90 Å². The van der Waals surface area contributed by atoms with Crippen LogP contribution in [0.25, 0.3) is 0 Å². The van der Waals surface area contributed by atoms with Crippen LogP contribution in [0.2, 0.25) is 0 Å². The highest BCUT2D eigenvalue weighted by atomic mass is 16.5. The van der Waals surface area contributed by atoms with Crippen molar-refractivity contribution in [2.24, 2.45) is 11.8 Å². The van der Waals surface area contributed by atoms with Crippen LogP contribution in [0.5, 0.6) is 0 Å².